The fraction of sp³-hybridized carbons (Fsp3) is 0.522. The summed E-state index contributed by atoms with van der Waals surface area (Å²) >= 11 is 0. The van der Waals surface area contributed by atoms with Gasteiger partial charge in [-0.1, -0.05) is 11.2 Å². The van der Waals surface area contributed by atoms with Gasteiger partial charge in [-0.25, -0.2) is 0 Å². The van der Waals surface area contributed by atoms with Crippen molar-refractivity contribution in [3.63, 3.8) is 0 Å². The maximum atomic E-state index is 13.0. The molecule has 0 N–H and O–H groups in total. The van der Waals surface area contributed by atoms with Crippen molar-refractivity contribution < 1.29 is 23.6 Å². The van der Waals surface area contributed by atoms with Crippen LogP contribution in [0.25, 0.3) is 0 Å². The lowest BCUT2D eigenvalue weighted by molar-refractivity contribution is -0.140. The summed E-state index contributed by atoms with van der Waals surface area (Å²) in [5.74, 6) is 2.91. The number of amides is 2. The fourth-order valence-corrected chi connectivity index (χ4v) is 4.64. The number of hydrogen-bond acceptors (Lipinski definition) is 6. The highest BCUT2D eigenvalue weighted by Gasteiger charge is 2.46. The molecule has 8 heteroatoms. The quantitative estimate of drug-likeness (QED) is 0.732. The first-order valence-corrected chi connectivity index (χ1v) is 10.9. The number of carbonyl (C=O) groups excluding carboxylic acids is 2. The molecule has 5 rings (SSSR count). The Balaban J connectivity index is 1.11. The average Bonchev–Trinajstić information content (AvgIpc) is 3.34. The third kappa shape index (κ3) is 3.86. The molecule has 2 aliphatic heterocycles. The van der Waals surface area contributed by atoms with Gasteiger partial charge in [0.15, 0.2) is 11.5 Å². The van der Waals surface area contributed by atoms with Crippen molar-refractivity contribution in [3.8, 4) is 11.5 Å². The van der Waals surface area contributed by atoms with E-state index in [-0.39, 0.29) is 30.4 Å². The Morgan fingerprint density at radius 3 is 2.55 bits per heavy atom. The summed E-state index contributed by atoms with van der Waals surface area (Å²) in [6, 6.07) is 5.95. The molecule has 1 aliphatic carbocycles. The van der Waals surface area contributed by atoms with E-state index < -0.39 is 0 Å². The standard InChI is InChI=1S/C23H27N3O5/c1-14-17(15(2)31-24-14)4-6-22(27)25-7-9-26(10-8-25)23(28)19-12-18(19)16-3-5-20-21(11-16)30-13-29-20/h3,5,11,18-19H,4,6-10,12-13H2,1-2H3/t18-,19+/m1/s1. The Labute approximate surface area is 181 Å². The molecule has 1 aromatic carbocycles. The Hall–Kier alpha value is -3.03. The van der Waals surface area contributed by atoms with Crippen LogP contribution in [0.3, 0.4) is 0 Å². The molecule has 2 atom stereocenters. The lowest BCUT2D eigenvalue weighted by Crippen LogP contribution is -2.51. The largest absolute Gasteiger partial charge is 0.454 e. The van der Waals surface area contributed by atoms with Crippen LogP contribution in [0.5, 0.6) is 11.5 Å². The van der Waals surface area contributed by atoms with Gasteiger partial charge < -0.3 is 23.8 Å². The Morgan fingerprint density at radius 1 is 1.06 bits per heavy atom. The summed E-state index contributed by atoms with van der Waals surface area (Å²) < 4.78 is 16.0. The van der Waals surface area contributed by atoms with Crippen LogP contribution in [0.2, 0.25) is 0 Å². The van der Waals surface area contributed by atoms with Gasteiger partial charge in [0.1, 0.15) is 5.76 Å². The molecule has 1 aromatic heterocycles. The van der Waals surface area contributed by atoms with Crippen LogP contribution in [0, 0.1) is 19.8 Å². The van der Waals surface area contributed by atoms with E-state index in [1.165, 1.54) is 0 Å². The molecule has 3 heterocycles. The topological polar surface area (TPSA) is 85.1 Å². The zero-order valence-electron chi connectivity index (χ0n) is 17.9. The highest BCUT2D eigenvalue weighted by molar-refractivity contribution is 5.83. The van der Waals surface area contributed by atoms with E-state index in [2.05, 4.69) is 5.16 Å². The Morgan fingerprint density at radius 2 is 1.81 bits per heavy atom. The average molecular weight is 425 g/mol. The smallest absolute Gasteiger partial charge is 0.231 e. The molecular weight excluding hydrogens is 398 g/mol. The molecule has 0 radical (unpaired) electrons. The zero-order chi connectivity index (χ0) is 21.5. The summed E-state index contributed by atoms with van der Waals surface area (Å²) in [5, 5.41) is 3.95. The Kier molecular flexibility index (Phi) is 5.08. The van der Waals surface area contributed by atoms with Gasteiger partial charge in [0.2, 0.25) is 18.6 Å². The number of aryl methyl sites for hydroxylation is 2. The molecule has 2 amide bonds. The van der Waals surface area contributed by atoms with E-state index in [4.69, 9.17) is 14.0 Å². The molecule has 8 nitrogen and oxygen atoms in total. The number of fused-ring (bicyclic) bond motifs is 1. The lowest BCUT2D eigenvalue weighted by atomic mass is 10.1. The van der Waals surface area contributed by atoms with Crippen molar-refractivity contribution >= 4 is 11.8 Å². The minimum absolute atomic E-state index is 0.0298. The number of ether oxygens (including phenoxy) is 2. The van der Waals surface area contributed by atoms with Gasteiger partial charge in [0, 0.05) is 44.1 Å². The predicted molar refractivity (Wildman–Crippen MR) is 111 cm³/mol. The van der Waals surface area contributed by atoms with Gasteiger partial charge in [-0.15, -0.1) is 0 Å². The molecular formula is C23H27N3O5. The molecule has 0 unspecified atom stereocenters. The molecule has 164 valence electrons. The van der Waals surface area contributed by atoms with Crippen LogP contribution < -0.4 is 9.47 Å². The first kappa shape index (κ1) is 19.9. The van der Waals surface area contributed by atoms with Crippen LogP contribution in [-0.4, -0.2) is 59.7 Å². The van der Waals surface area contributed by atoms with Crippen LogP contribution in [-0.2, 0) is 16.0 Å². The van der Waals surface area contributed by atoms with Crippen molar-refractivity contribution in [3.05, 3.63) is 40.8 Å². The van der Waals surface area contributed by atoms with Crippen molar-refractivity contribution in [1.29, 1.82) is 0 Å². The van der Waals surface area contributed by atoms with Crippen LogP contribution in [0.15, 0.2) is 22.7 Å². The van der Waals surface area contributed by atoms with E-state index in [9.17, 15) is 9.59 Å². The molecule has 1 saturated heterocycles. The number of benzene rings is 1. The van der Waals surface area contributed by atoms with E-state index >= 15 is 0 Å². The number of aromatic nitrogens is 1. The second kappa shape index (κ2) is 7.90. The molecule has 0 bridgehead atoms. The van der Waals surface area contributed by atoms with Crippen LogP contribution >= 0.6 is 0 Å². The van der Waals surface area contributed by atoms with Crippen molar-refractivity contribution in [2.24, 2.45) is 5.92 Å². The van der Waals surface area contributed by atoms with E-state index in [0.717, 1.165) is 40.5 Å². The highest BCUT2D eigenvalue weighted by Crippen LogP contribution is 2.50. The number of nitrogens with zero attached hydrogens (tertiary/aromatic N) is 3. The number of carbonyl (C=O) groups is 2. The van der Waals surface area contributed by atoms with E-state index in [1.54, 1.807) is 0 Å². The monoisotopic (exact) mass is 425 g/mol. The second-order valence-electron chi connectivity index (χ2n) is 8.57. The normalized spacial score (nSPS) is 22.0. The predicted octanol–water partition coefficient (Wildman–Crippen LogP) is 2.43. The summed E-state index contributed by atoms with van der Waals surface area (Å²) in [4.78, 5) is 29.4. The van der Waals surface area contributed by atoms with Gasteiger partial charge in [0.05, 0.1) is 5.69 Å². The highest BCUT2D eigenvalue weighted by atomic mass is 16.7. The number of piperazine rings is 1. The molecule has 3 aliphatic rings. The van der Waals surface area contributed by atoms with Crippen molar-refractivity contribution in [1.82, 2.24) is 15.0 Å². The van der Waals surface area contributed by atoms with E-state index in [1.807, 2.05) is 41.8 Å². The van der Waals surface area contributed by atoms with Crippen LogP contribution in [0.4, 0.5) is 0 Å². The van der Waals surface area contributed by atoms with Crippen molar-refractivity contribution in [2.75, 3.05) is 33.0 Å². The van der Waals surface area contributed by atoms with Gasteiger partial charge in [-0.3, -0.25) is 9.59 Å². The SMILES string of the molecule is Cc1noc(C)c1CCC(=O)N1CCN(C(=O)[C@H]2C[C@@H]2c2ccc3c(c2)OCO3)CC1. The van der Waals surface area contributed by atoms with Gasteiger partial charge >= 0.3 is 0 Å². The van der Waals surface area contributed by atoms with E-state index in [0.29, 0.717) is 39.0 Å². The lowest BCUT2D eigenvalue weighted by Gasteiger charge is -2.35. The number of hydrogen-bond donors (Lipinski definition) is 0. The summed E-state index contributed by atoms with van der Waals surface area (Å²) in [7, 11) is 0. The zero-order valence-corrected chi connectivity index (χ0v) is 17.9. The van der Waals surface area contributed by atoms with Gasteiger partial charge in [0.25, 0.3) is 0 Å². The maximum Gasteiger partial charge on any atom is 0.231 e. The summed E-state index contributed by atoms with van der Waals surface area (Å²) in [6.45, 7) is 6.41. The minimum atomic E-state index is 0.0298. The number of rotatable bonds is 5. The van der Waals surface area contributed by atoms with Crippen molar-refractivity contribution in [2.45, 2.75) is 39.0 Å². The fourth-order valence-electron chi connectivity index (χ4n) is 4.64. The second-order valence-corrected chi connectivity index (χ2v) is 8.57. The summed E-state index contributed by atoms with van der Waals surface area (Å²) in [5.41, 5.74) is 3.00. The third-order valence-electron chi connectivity index (χ3n) is 6.65. The van der Waals surface area contributed by atoms with Gasteiger partial charge in [-0.05, 0) is 50.3 Å². The first-order valence-electron chi connectivity index (χ1n) is 10.9. The first-order chi connectivity index (χ1) is 15.0. The maximum absolute atomic E-state index is 13.0. The molecule has 2 fully saturated rings. The van der Waals surface area contributed by atoms with Gasteiger partial charge in [-0.2, -0.15) is 0 Å². The Bertz CT molecular complexity index is 989. The third-order valence-corrected chi connectivity index (χ3v) is 6.65. The van der Waals surface area contributed by atoms with Crippen LogP contribution in [0.1, 0.15) is 41.3 Å². The molecule has 1 saturated carbocycles. The molecule has 2 aromatic rings. The molecule has 0 spiro atoms. The minimum Gasteiger partial charge on any atom is -0.454 e. The molecule has 31 heavy (non-hydrogen) atoms. The summed E-state index contributed by atoms with van der Waals surface area (Å²) in [6.07, 6.45) is 1.94.